The van der Waals surface area contributed by atoms with Crippen molar-refractivity contribution in [2.24, 2.45) is 5.92 Å². The molecular weight excluding hydrogens is 180 g/mol. The van der Waals surface area contributed by atoms with Gasteiger partial charge in [0.15, 0.2) is 5.60 Å². The molecule has 3 nitrogen and oxygen atoms in total. The Kier molecular flexibility index (Phi) is 2.04. The molecule has 1 aliphatic rings. The number of aliphatic carboxylic acids is 1. The van der Waals surface area contributed by atoms with Gasteiger partial charge in [0.05, 0.1) is 0 Å². The second-order valence-corrected chi connectivity index (χ2v) is 3.71. The normalized spacial score (nSPS) is 20.1. The molecule has 1 atom stereocenters. The predicted molar refractivity (Wildman–Crippen MR) is 50.7 cm³/mol. The summed E-state index contributed by atoms with van der Waals surface area (Å²) in [6, 6.07) is 8.61. The Labute approximate surface area is 82.0 Å². The fourth-order valence-electron chi connectivity index (χ4n) is 1.73. The SMILES string of the molecule is O=C(O)C(O)(c1ccccc1)C1CC1. The van der Waals surface area contributed by atoms with Gasteiger partial charge < -0.3 is 10.2 Å². The minimum absolute atomic E-state index is 0.123. The zero-order valence-electron chi connectivity index (χ0n) is 7.68. The van der Waals surface area contributed by atoms with Gasteiger partial charge in [-0.05, 0) is 18.4 Å². The summed E-state index contributed by atoms with van der Waals surface area (Å²) in [5.41, 5.74) is -1.20. The average Bonchev–Trinajstić information content (AvgIpc) is 3.01. The van der Waals surface area contributed by atoms with E-state index in [4.69, 9.17) is 5.11 Å². The highest BCUT2D eigenvalue weighted by molar-refractivity contribution is 5.80. The number of benzene rings is 1. The molecule has 1 saturated carbocycles. The van der Waals surface area contributed by atoms with Crippen molar-refractivity contribution in [3.05, 3.63) is 35.9 Å². The van der Waals surface area contributed by atoms with Crippen molar-refractivity contribution in [2.75, 3.05) is 0 Å². The number of hydrogen-bond acceptors (Lipinski definition) is 2. The van der Waals surface area contributed by atoms with Crippen LogP contribution in [0.25, 0.3) is 0 Å². The van der Waals surface area contributed by atoms with Gasteiger partial charge in [0.1, 0.15) is 0 Å². The van der Waals surface area contributed by atoms with Gasteiger partial charge in [-0.15, -0.1) is 0 Å². The maximum absolute atomic E-state index is 11.1. The van der Waals surface area contributed by atoms with Crippen LogP contribution in [0, 0.1) is 5.92 Å². The van der Waals surface area contributed by atoms with Crippen LogP contribution in [0.1, 0.15) is 18.4 Å². The molecule has 0 amide bonds. The van der Waals surface area contributed by atoms with E-state index in [2.05, 4.69) is 0 Å². The molecule has 0 spiro atoms. The summed E-state index contributed by atoms with van der Waals surface area (Å²) in [6.07, 6.45) is 1.58. The van der Waals surface area contributed by atoms with E-state index in [1.807, 2.05) is 0 Å². The first kappa shape index (κ1) is 9.21. The van der Waals surface area contributed by atoms with Crippen LogP contribution in [0.15, 0.2) is 30.3 Å². The number of hydrogen-bond donors (Lipinski definition) is 2. The third-order valence-electron chi connectivity index (χ3n) is 2.71. The third-order valence-corrected chi connectivity index (χ3v) is 2.71. The van der Waals surface area contributed by atoms with E-state index < -0.39 is 11.6 Å². The summed E-state index contributed by atoms with van der Waals surface area (Å²) in [7, 11) is 0. The van der Waals surface area contributed by atoms with Crippen LogP contribution in [-0.4, -0.2) is 16.2 Å². The van der Waals surface area contributed by atoms with Crippen LogP contribution < -0.4 is 0 Å². The highest BCUT2D eigenvalue weighted by Gasteiger charge is 2.51. The fraction of sp³-hybridized carbons (Fsp3) is 0.364. The van der Waals surface area contributed by atoms with E-state index in [0.29, 0.717) is 5.56 Å². The molecule has 2 rings (SSSR count). The molecule has 1 aromatic rings. The van der Waals surface area contributed by atoms with Crippen molar-refractivity contribution in [2.45, 2.75) is 18.4 Å². The van der Waals surface area contributed by atoms with Gasteiger partial charge in [0.2, 0.25) is 0 Å². The minimum Gasteiger partial charge on any atom is -0.479 e. The third kappa shape index (κ3) is 1.30. The summed E-state index contributed by atoms with van der Waals surface area (Å²) >= 11 is 0. The highest BCUT2D eigenvalue weighted by Crippen LogP contribution is 2.45. The van der Waals surface area contributed by atoms with E-state index in [-0.39, 0.29) is 5.92 Å². The largest absolute Gasteiger partial charge is 0.479 e. The Morgan fingerprint density at radius 3 is 2.29 bits per heavy atom. The maximum atomic E-state index is 11.1. The van der Waals surface area contributed by atoms with E-state index in [0.717, 1.165) is 12.8 Å². The first-order valence-corrected chi connectivity index (χ1v) is 4.67. The lowest BCUT2D eigenvalue weighted by molar-refractivity contribution is -0.162. The van der Waals surface area contributed by atoms with E-state index in [1.165, 1.54) is 0 Å². The van der Waals surface area contributed by atoms with Crippen LogP contribution in [0.2, 0.25) is 0 Å². The topological polar surface area (TPSA) is 57.5 Å². The summed E-state index contributed by atoms with van der Waals surface area (Å²) in [4.78, 5) is 11.1. The van der Waals surface area contributed by atoms with Crippen molar-refractivity contribution < 1.29 is 15.0 Å². The molecule has 14 heavy (non-hydrogen) atoms. The van der Waals surface area contributed by atoms with Crippen LogP contribution in [-0.2, 0) is 10.4 Å². The number of rotatable bonds is 3. The van der Waals surface area contributed by atoms with Crippen molar-refractivity contribution in [3.8, 4) is 0 Å². The van der Waals surface area contributed by atoms with Gasteiger partial charge in [-0.2, -0.15) is 0 Å². The maximum Gasteiger partial charge on any atom is 0.340 e. The van der Waals surface area contributed by atoms with Crippen LogP contribution in [0.4, 0.5) is 0 Å². The van der Waals surface area contributed by atoms with Crippen molar-refractivity contribution in [3.63, 3.8) is 0 Å². The van der Waals surface area contributed by atoms with E-state index >= 15 is 0 Å². The molecule has 1 aliphatic carbocycles. The Morgan fingerprint density at radius 1 is 1.29 bits per heavy atom. The summed E-state index contributed by atoms with van der Waals surface area (Å²) < 4.78 is 0. The van der Waals surface area contributed by atoms with Crippen LogP contribution in [0.3, 0.4) is 0 Å². The Morgan fingerprint density at radius 2 is 1.86 bits per heavy atom. The molecule has 0 saturated heterocycles. The zero-order chi connectivity index (χ0) is 10.2. The molecule has 2 N–H and O–H groups in total. The molecule has 0 aromatic heterocycles. The van der Waals surface area contributed by atoms with Crippen LogP contribution in [0.5, 0.6) is 0 Å². The van der Waals surface area contributed by atoms with Gasteiger partial charge in [0, 0.05) is 5.92 Å². The lowest BCUT2D eigenvalue weighted by Gasteiger charge is -2.23. The second kappa shape index (κ2) is 3.10. The molecule has 0 radical (unpaired) electrons. The summed E-state index contributed by atoms with van der Waals surface area (Å²) in [5.74, 6) is -1.27. The average molecular weight is 192 g/mol. The molecule has 0 aliphatic heterocycles. The molecular formula is C11H12O3. The summed E-state index contributed by atoms with van der Waals surface area (Å²) in [5, 5.41) is 19.1. The Hall–Kier alpha value is -1.35. The number of carboxylic acid groups (broad SMARTS) is 1. The molecule has 1 aromatic carbocycles. The molecule has 1 unspecified atom stereocenters. The predicted octanol–water partition coefficient (Wildman–Crippen LogP) is 1.37. The van der Waals surface area contributed by atoms with Gasteiger partial charge >= 0.3 is 5.97 Å². The first-order valence-electron chi connectivity index (χ1n) is 4.67. The van der Waals surface area contributed by atoms with Crippen molar-refractivity contribution in [1.29, 1.82) is 0 Å². The smallest absolute Gasteiger partial charge is 0.340 e. The quantitative estimate of drug-likeness (QED) is 0.760. The summed E-state index contributed by atoms with van der Waals surface area (Å²) in [6.45, 7) is 0. The van der Waals surface area contributed by atoms with E-state index in [1.54, 1.807) is 30.3 Å². The van der Waals surface area contributed by atoms with Crippen molar-refractivity contribution >= 4 is 5.97 Å². The Balaban J connectivity index is 2.41. The van der Waals surface area contributed by atoms with Crippen LogP contribution >= 0.6 is 0 Å². The second-order valence-electron chi connectivity index (χ2n) is 3.71. The van der Waals surface area contributed by atoms with Gasteiger partial charge in [-0.3, -0.25) is 0 Å². The minimum atomic E-state index is -1.68. The highest BCUT2D eigenvalue weighted by atomic mass is 16.4. The fourth-order valence-corrected chi connectivity index (χ4v) is 1.73. The number of carboxylic acids is 1. The molecule has 1 fully saturated rings. The standard InChI is InChI=1S/C11H12O3/c12-10(13)11(14,9-6-7-9)8-4-2-1-3-5-8/h1-5,9,14H,6-7H2,(H,12,13). The molecule has 74 valence electrons. The molecule has 3 heteroatoms. The first-order chi connectivity index (χ1) is 6.65. The lowest BCUT2D eigenvalue weighted by atomic mass is 9.89. The van der Waals surface area contributed by atoms with Gasteiger partial charge in [-0.25, -0.2) is 4.79 Å². The lowest BCUT2D eigenvalue weighted by Crippen LogP contribution is -2.37. The number of aliphatic hydroxyl groups is 1. The van der Waals surface area contributed by atoms with Gasteiger partial charge in [0.25, 0.3) is 0 Å². The van der Waals surface area contributed by atoms with Gasteiger partial charge in [-0.1, -0.05) is 30.3 Å². The number of carbonyl (C=O) groups is 1. The monoisotopic (exact) mass is 192 g/mol. The Bertz CT molecular complexity index is 343. The van der Waals surface area contributed by atoms with E-state index in [9.17, 15) is 9.90 Å². The molecule has 0 heterocycles. The van der Waals surface area contributed by atoms with Crippen molar-refractivity contribution in [1.82, 2.24) is 0 Å². The zero-order valence-corrected chi connectivity index (χ0v) is 7.68. The molecule has 0 bridgehead atoms.